The minimum atomic E-state index is -0.945. The molecule has 19 heavy (non-hydrogen) atoms. The number of ether oxygens (including phenoxy) is 1. The first kappa shape index (κ1) is 13.2. The van der Waals surface area contributed by atoms with Crippen LogP contribution < -0.4 is 10.1 Å². The van der Waals surface area contributed by atoms with E-state index in [1.807, 2.05) is 0 Å². The van der Waals surface area contributed by atoms with Gasteiger partial charge in [0.15, 0.2) is 0 Å². The molecule has 0 saturated carbocycles. The van der Waals surface area contributed by atoms with Gasteiger partial charge in [-0.1, -0.05) is 12.1 Å². The number of hydrogen-bond acceptors (Lipinski definition) is 4. The number of furan rings is 1. The lowest BCUT2D eigenvalue weighted by atomic mass is 10.1. The molecule has 1 atom stereocenters. The van der Waals surface area contributed by atoms with E-state index in [1.165, 1.54) is 0 Å². The highest BCUT2D eigenvalue weighted by molar-refractivity contribution is 5.75. The molecule has 0 saturated heterocycles. The Balaban J connectivity index is 2.12. The predicted octanol–water partition coefficient (Wildman–Crippen LogP) is 2.20. The third kappa shape index (κ3) is 3.35. The summed E-state index contributed by atoms with van der Waals surface area (Å²) in [6.45, 7) is 0.348. The van der Waals surface area contributed by atoms with Crippen LogP contribution in [0.3, 0.4) is 0 Å². The molecule has 2 aromatic rings. The van der Waals surface area contributed by atoms with E-state index in [2.05, 4.69) is 5.32 Å². The molecular formula is C14H15NO4. The molecule has 0 aliphatic rings. The van der Waals surface area contributed by atoms with E-state index in [-0.39, 0.29) is 0 Å². The molecular weight excluding hydrogens is 246 g/mol. The van der Waals surface area contributed by atoms with Crippen LogP contribution in [-0.2, 0) is 11.3 Å². The van der Waals surface area contributed by atoms with Crippen LogP contribution in [0.1, 0.15) is 17.4 Å². The lowest BCUT2D eigenvalue weighted by Gasteiger charge is -2.14. The zero-order chi connectivity index (χ0) is 13.7. The van der Waals surface area contributed by atoms with Crippen molar-refractivity contribution in [2.75, 3.05) is 7.11 Å². The molecule has 0 spiro atoms. The first-order chi connectivity index (χ1) is 9.20. The van der Waals surface area contributed by atoms with Gasteiger partial charge < -0.3 is 14.3 Å². The maximum atomic E-state index is 11.3. The van der Waals surface area contributed by atoms with Crippen LogP contribution in [-0.4, -0.2) is 18.2 Å². The number of nitrogens with one attached hydrogen (secondary N) is 1. The summed E-state index contributed by atoms with van der Waals surface area (Å²) in [5, 5.41) is 12.2. The summed E-state index contributed by atoms with van der Waals surface area (Å²) >= 11 is 0. The normalized spacial score (nSPS) is 12.1. The Labute approximate surface area is 110 Å². The topological polar surface area (TPSA) is 71.7 Å². The Morgan fingerprint density at radius 1 is 1.42 bits per heavy atom. The largest absolute Gasteiger partial charge is 0.497 e. The van der Waals surface area contributed by atoms with Crippen LogP contribution in [0.15, 0.2) is 47.1 Å². The van der Waals surface area contributed by atoms with Crippen LogP contribution in [0.5, 0.6) is 5.75 Å². The highest BCUT2D eigenvalue weighted by atomic mass is 16.5. The molecule has 5 nitrogen and oxygen atoms in total. The number of aliphatic carboxylic acids is 1. The molecule has 1 unspecified atom stereocenters. The first-order valence-electron chi connectivity index (χ1n) is 5.83. The molecule has 0 amide bonds. The van der Waals surface area contributed by atoms with Gasteiger partial charge in [0.05, 0.1) is 19.9 Å². The molecule has 1 heterocycles. The number of methoxy groups -OCH3 is 1. The van der Waals surface area contributed by atoms with Crippen molar-refractivity contribution in [1.82, 2.24) is 5.32 Å². The van der Waals surface area contributed by atoms with Crippen LogP contribution >= 0.6 is 0 Å². The van der Waals surface area contributed by atoms with E-state index in [0.29, 0.717) is 23.6 Å². The van der Waals surface area contributed by atoms with Crippen LogP contribution in [0.4, 0.5) is 0 Å². The van der Waals surface area contributed by atoms with Crippen molar-refractivity contribution >= 4 is 5.97 Å². The lowest BCUT2D eigenvalue weighted by molar-refractivity contribution is -0.139. The van der Waals surface area contributed by atoms with Crippen molar-refractivity contribution < 1.29 is 19.1 Å². The smallest absolute Gasteiger partial charge is 0.325 e. The fraction of sp³-hybridized carbons (Fsp3) is 0.214. The predicted molar refractivity (Wildman–Crippen MR) is 68.9 cm³/mol. The van der Waals surface area contributed by atoms with Crippen LogP contribution in [0, 0.1) is 0 Å². The fourth-order valence-electron chi connectivity index (χ4n) is 1.78. The maximum Gasteiger partial charge on any atom is 0.325 e. The van der Waals surface area contributed by atoms with Gasteiger partial charge >= 0.3 is 5.97 Å². The summed E-state index contributed by atoms with van der Waals surface area (Å²) in [6.07, 6.45) is 1.55. The fourth-order valence-corrected chi connectivity index (χ4v) is 1.78. The van der Waals surface area contributed by atoms with Gasteiger partial charge in [0.1, 0.15) is 17.6 Å². The summed E-state index contributed by atoms with van der Waals surface area (Å²) in [4.78, 5) is 11.3. The van der Waals surface area contributed by atoms with Gasteiger partial charge in [-0.25, -0.2) is 0 Å². The SMILES string of the molecule is COc1cccc(C(NCc2ccco2)C(=O)O)c1. The summed E-state index contributed by atoms with van der Waals surface area (Å²) in [6, 6.07) is 9.73. The van der Waals surface area contributed by atoms with Crippen molar-refractivity contribution in [2.24, 2.45) is 0 Å². The van der Waals surface area contributed by atoms with E-state index < -0.39 is 12.0 Å². The third-order valence-electron chi connectivity index (χ3n) is 2.73. The summed E-state index contributed by atoms with van der Waals surface area (Å²) in [5.41, 5.74) is 0.637. The van der Waals surface area contributed by atoms with Crippen molar-refractivity contribution in [1.29, 1.82) is 0 Å². The van der Waals surface area contributed by atoms with Crippen LogP contribution in [0.25, 0.3) is 0 Å². The molecule has 0 bridgehead atoms. The first-order valence-corrected chi connectivity index (χ1v) is 5.83. The Bertz CT molecular complexity index is 536. The molecule has 5 heteroatoms. The lowest BCUT2D eigenvalue weighted by Crippen LogP contribution is -2.27. The molecule has 0 fully saturated rings. The minimum Gasteiger partial charge on any atom is -0.497 e. The molecule has 1 aromatic heterocycles. The monoisotopic (exact) mass is 261 g/mol. The van der Waals surface area contributed by atoms with E-state index in [9.17, 15) is 9.90 Å². The Morgan fingerprint density at radius 3 is 2.89 bits per heavy atom. The second-order valence-corrected chi connectivity index (χ2v) is 4.01. The molecule has 1 aromatic carbocycles. The van der Waals surface area contributed by atoms with E-state index in [1.54, 1.807) is 49.8 Å². The number of carbonyl (C=O) groups is 1. The van der Waals surface area contributed by atoms with Crippen molar-refractivity contribution in [3.8, 4) is 5.75 Å². The third-order valence-corrected chi connectivity index (χ3v) is 2.73. The Hall–Kier alpha value is -2.27. The maximum absolute atomic E-state index is 11.3. The van der Waals surface area contributed by atoms with Gasteiger partial charge in [-0.05, 0) is 29.8 Å². The quantitative estimate of drug-likeness (QED) is 0.834. The average Bonchev–Trinajstić information content (AvgIpc) is 2.92. The molecule has 100 valence electrons. The Kier molecular flexibility index (Phi) is 4.20. The number of rotatable bonds is 6. The molecule has 2 N–H and O–H groups in total. The second kappa shape index (κ2) is 6.06. The standard InChI is InChI=1S/C14H15NO4/c1-18-11-5-2-4-10(8-11)13(14(16)17)15-9-12-6-3-7-19-12/h2-8,13,15H,9H2,1H3,(H,16,17). The van der Waals surface area contributed by atoms with Gasteiger partial charge in [-0.15, -0.1) is 0 Å². The van der Waals surface area contributed by atoms with Crippen molar-refractivity contribution in [2.45, 2.75) is 12.6 Å². The average molecular weight is 261 g/mol. The van der Waals surface area contributed by atoms with Gasteiger partial charge in [-0.2, -0.15) is 0 Å². The zero-order valence-electron chi connectivity index (χ0n) is 10.5. The highest BCUT2D eigenvalue weighted by Crippen LogP contribution is 2.20. The van der Waals surface area contributed by atoms with Crippen LogP contribution in [0.2, 0.25) is 0 Å². The second-order valence-electron chi connectivity index (χ2n) is 4.01. The van der Waals surface area contributed by atoms with Crippen molar-refractivity contribution in [3.63, 3.8) is 0 Å². The number of carboxylic acids is 1. The summed E-state index contributed by atoms with van der Waals surface area (Å²) in [5.74, 6) is 0.373. The van der Waals surface area contributed by atoms with Gasteiger partial charge in [0.25, 0.3) is 0 Å². The molecule has 0 radical (unpaired) electrons. The minimum absolute atomic E-state index is 0.348. The molecule has 0 aliphatic heterocycles. The number of hydrogen-bond donors (Lipinski definition) is 2. The van der Waals surface area contributed by atoms with E-state index in [4.69, 9.17) is 9.15 Å². The Morgan fingerprint density at radius 2 is 2.26 bits per heavy atom. The summed E-state index contributed by atoms with van der Waals surface area (Å²) < 4.78 is 10.3. The molecule has 2 rings (SSSR count). The van der Waals surface area contributed by atoms with Gasteiger partial charge in [0.2, 0.25) is 0 Å². The number of carboxylic acid groups (broad SMARTS) is 1. The van der Waals surface area contributed by atoms with E-state index in [0.717, 1.165) is 0 Å². The summed E-state index contributed by atoms with van der Waals surface area (Å²) in [7, 11) is 1.55. The zero-order valence-corrected chi connectivity index (χ0v) is 10.5. The van der Waals surface area contributed by atoms with E-state index >= 15 is 0 Å². The molecule has 0 aliphatic carbocycles. The van der Waals surface area contributed by atoms with Gasteiger partial charge in [-0.3, -0.25) is 10.1 Å². The highest BCUT2D eigenvalue weighted by Gasteiger charge is 2.19. The number of benzene rings is 1. The van der Waals surface area contributed by atoms with Crippen molar-refractivity contribution in [3.05, 3.63) is 54.0 Å². The van der Waals surface area contributed by atoms with Gasteiger partial charge in [0, 0.05) is 0 Å².